The number of benzene rings is 1. The molecule has 2 saturated heterocycles. The minimum absolute atomic E-state index is 0.0352. The first-order chi connectivity index (χ1) is 12.6. The van der Waals surface area contributed by atoms with Gasteiger partial charge in [-0.05, 0) is 77.1 Å². The molecule has 0 aromatic heterocycles. The van der Waals surface area contributed by atoms with Gasteiger partial charge in [0, 0.05) is 36.1 Å². The van der Waals surface area contributed by atoms with Crippen LogP contribution in [-0.4, -0.2) is 48.3 Å². The van der Waals surface area contributed by atoms with E-state index in [0.29, 0.717) is 5.92 Å². The molecule has 2 amide bonds. The number of hydrogen-bond donors (Lipinski definition) is 2. The number of amides is 2. The lowest BCUT2D eigenvalue weighted by Gasteiger charge is -2.46. The first-order valence-corrected chi connectivity index (χ1v) is 10.1. The van der Waals surface area contributed by atoms with Crippen molar-refractivity contribution < 1.29 is 9.53 Å². The minimum Gasteiger partial charge on any atom is -0.497 e. The zero-order valence-electron chi connectivity index (χ0n) is 17.7. The van der Waals surface area contributed by atoms with Gasteiger partial charge in [-0.25, -0.2) is 4.79 Å². The van der Waals surface area contributed by atoms with Crippen LogP contribution in [-0.2, 0) is 0 Å². The summed E-state index contributed by atoms with van der Waals surface area (Å²) in [6.45, 7) is 12.6. The normalized spacial score (nSPS) is 24.7. The summed E-state index contributed by atoms with van der Waals surface area (Å²) in [7, 11) is 1.69. The molecule has 0 spiro atoms. The molecule has 5 nitrogen and oxygen atoms in total. The highest BCUT2D eigenvalue weighted by Crippen LogP contribution is 2.32. The third-order valence-electron chi connectivity index (χ3n) is 5.91. The number of aryl methyl sites for hydroxylation is 1. The third kappa shape index (κ3) is 4.75. The van der Waals surface area contributed by atoms with Crippen molar-refractivity contribution in [3.8, 4) is 5.75 Å². The molecule has 0 aliphatic carbocycles. The maximum atomic E-state index is 12.9. The van der Waals surface area contributed by atoms with Crippen LogP contribution in [0.4, 0.5) is 4.79 Å². The van der Waals surface area contributed by atoms with E-state index < -0.39 is 0 Å². The summed E-state index contributed by atoms with van der Waals surface area (Å²) in [5.74, 6) is 1.29. The molecule has 5 heteroatoms. The zero-order valence-corrected chi connectivity index (χ0v) is 17.7. The van der Waals surface area contributed by atoms with Crippen LogP contribution in [0.2, 0.25) is 0 Å². The molecule has 150 valence electrons. The van der Waals surface area contributed by atoms with E-state index in [2.05, 4.69) is 57.4 Å². The van der Waals surface area contributed by atoms with Crippen molar-refractivity contribution in [1.29, 1.82) is 0 Å². The predicted molar refractivity (Wildman–Crippen MR) is 110 cm³/mol. The summed E-state index contributed by atoms with van der Waals surface area (Å²) in [5, 5.41) is 6.98. The lowest BCUT2D eigenvalue weighted by molar-refractivity contribution is 0.141. The number of carbonyl (C=O) groups excluding carboxylic acids is 1. The van der Waals surface area contributed by atoms with Gasteiger partial charge in [0.05, 0.1) is 7.11 Å². The summed E-state index contributed by atoms with van der Waals surface area (Å²) in [5.41, 5.74) is 2.64. The molecule has 1 unspecified atom stereocenters. The smallest absolute Gasteiger partial charge is 0.317 e. The highest BCUT2D eigenvalue weighted by atomic mass is 16.5. The Morgan fingerprint density at radius 3 is 2.48 bits per heavy atom. The summed E-state index contributed by atoms with van der Waals surface area (Å²) in [6.07, 6.45) is 2.93. The number of ether oxygens (including phenoxy) is 1. The quantitative estimate of drug-likeness (QED) is 0.847. The minimum atomic E-state index is 0.0352. The number of nitrogens with one attached hydrogen (secondary N) is 2. The average Bonchev–Trinajstić information content (AvgIpc) is 3.01. The van der Waals surface area contributed by atoms with Gasteiger partial charge in [0.2, 0.25) is 0 Å². The fourth-order valence-corrected chi connectivity index (χ4v) is 5.12. The van der Waals surface area contributed by atoms with Crippen molar-refractivity contribution in [2.45, 2.75) is 76.9 Å². The van der Waals surface area contributed by atoms with Gasteiger partial charge in [-0.1, -0.05) is 6.07 Å². The number of hydrogen-bond acceptors (Lipinski definition) is 3. The maximum absolute atomic E-state index is 12.9. The van der Waals surface area contributed by atoms with E-state index >= 15 is 0 Å². The Kier molecular flexibility index (Phi) is 5.44. The number of piperidine rings is 1. The van der Waals surface area contributed by atoms with Gasteiger partial charge in [0.1, 0.15) is 5.75 Å². The highest BCUT2D eigenvalue weighted by molar-refractivity contribution is 5.75. The highest BCUT2D eigenvalue weighted by Gasteiger charge is 2.39. The maximum Gasteiger partial charge on any atom is 0.317 e. The lowest BCUT2D eigenvalue weighted by atomic mass is 9.80. The Bertz CT molecular complexity index is 683. The largest absolute Gasteiger partial charge is 0.497 e. The van der Waals surface area contributed by atoms with Gasteiger partial charge in [-0.3, -0.25) is 0 Å². The Labute approximate surface area is 163 Å². The fourth-order valence-electron chi connectivity index (χ4n) is 5.12. The molecule has 0 saturated carbocycles. The first kappa shape index (κ1) is 20.0. The van der Waals surface area contributed by atoms with Gasteiger partial charge >= 0.3 is 6.03 Å². The van der Waals surface area contributed by atoms with E-state index in [9.17, 15) is 4.79 Å². The van der Waals surface area contributed by atoms with E-state index in [-0.39, 0.29) is 23.2 Å². The van der Waals surface area contributed by atoms with Crippen molar-refractivity contribution in [2.75, 3.05) is 20.2 Å². The van der Waals surface area contributed by atoms with Crippen molar-refractivity contribution >= 4 is 6.03 Å². The zero-order chi connectivity index (χ0) is 19.8. The summed E-state index contributed by atoms with van der Waals surface area (Å²) in [6, 6.07) is 6.55. The van der Waals surface area contributed by atoms with Gasteiger partial charge in [0.25, 0.3) is 0 Å². The van der Waals surface area contributed by atoms with E-state index in [1.807, 2.05) is 11.0 Å². The lowest BCUT2D eigenvalue weighted by Crippen LogP contribution is -2.62. The van der Waals surface area contributed by atoms with Crippen LogP contribution < -0.4 is 15.4 Å². The Balaban J connectivity index is 1.61. The summed E-state index contributed by atoms with van der Waals surface area (Å²) >= 11 is 0. The van der Waals surface area contributed by atoms with Crippen LogP contribution in [0.3, 0.4) is 0 Å². The Morgan fingerprint density at radius 2 is 1.89 bits per heavy atom. The number of likely N-dealkylation sites (tertiary alicyclic amines) is 1. The molecular weight excluding hydrogens is 338 g/mol. The number of methoxy groups -OCH3 is 1. The first-order valence-electron chi connectivity index (χ1n) is 10.1. The van der Waals surface area contributed by atoms with Crippen LogP contribution in [0.5, 0.6) is 5.75 Å². The van der Waals surface area contributed by atoms with Gasteiger partial charge in [-0.15, -0.1) is 0 Å². The van der Waals surface area contributed by atoms with Crippen LogP contribution in [0, 0.1) is 6.92 Å². The van der Waals surface area contributed by atoms with Crippen molar-refractivity contribution in [2.24, 2.45) is 0 Å². The molecular formula is C22H35N3O2. The second-order valence-electron chi connectivity index (χ2n) is 9.60. The molecule has 27 heavy (non-hydrogen) atoms. The van der Waals surface area contributed by atoms with E-state index in [1.165, 1.54) is 11.1 Å². The van der Waals surface area contributed by atoms with Crippen molar-refractivity contribution in [3.63, 3.8) is 0 Å². The Hall–Kier alpha value is -1.75. The van der Waals surface area contributed by atoms with Crippen molar-refractivity contribution in [1.82, 2.24) is 15.5 Å². The number of nitrogens with zero attached hydrogens (tertiary/aromatic N) is 1. The molecule has 1 aromatic rings. The van der Waals surface area contributed by atoms with Crippen LogP contribution in [0.15, 0.2) is 18.2 Å². The topological polar surface area (TPSA) is 53.6 Å². The predicted octanol–water partition coefficient (Wildman–Crippen LogP) is 3.81. The molecule has 2 N–H and O–H groups in total. The molecule has 3 rings (SSSR count). The third-order valence-corrected chi connectivity index (χ3v) is 5.91. The fraction of sp³-hybridized carbons (Fsp3) is 0.682. The molecule has 2 fully saturated rings. The average molecular weight is 374 g/mol. The van der Waals surface area contributed by atoms with Gasteiger partial charge < -0.3 is 20.3 Å². The molecule has 1 atom stereocenters. The second kappa shape index (κ2) is 7.34. The molecule has 2 aliphatic rings. The summed E-state index contributed by atoms with van der Waals surface area (Å²) < 4.78 is 5.31. The molecule has 2 heterocycles. The van der Waals surface area contributed by atoms with Crippen molar-refractivity contribution in [3.05, 3.63) is 29.3 Å². The van der Waals surface area contributed by atoms with E-state index in [4.69, 9.17) is 4.74 Å². The number of urea groups is 1. The second-order valence-corrected chi connectivity index (χ2v) is 9.60. The molecule has 0 bridgehead atoms. The number of rotatable bonds is 3. The standard InChI is InChI=1S/C22H35N3O2/c1-15-11-18(27-6)7-8-19(15)16-9-10-25(14-16)20(26)23-17-12-21(2,3)24-22(4,5)13-17/h7-8,11,16-17,24H,9-10,12-14H2,1-6H3,(H,23,26). The van der Waals surface area contributed by atoms with Crippen LogP contribution in [0.1, 0.15) is 64.0 Å². The van der Waals surface area contributed by atoms with E-state index in [0.717, 1.165) is 38.1 Å². The van der Waals surface area contributed by atoms with Gasteiger partial charge in [-0.2, -0.15) is 0 Å². The Morgan fingerprint density at radius 1 is 1.22 bits per heavy atom. The van der Waals surface area contributed by atoms with E-state index in [1.54, 1.807) is 7.11 Å². The van der Waals surface area contributed by atoms with Gasteiger partial charge in [0.15, 0.2) is 0 Å². The molecule has 0 radical (unpaired) electrons. The number of carbonyl (C=O) groups is 1. The SMILES string of the molecule is COc1ccc(C2CCN(C(=O)NC3CC(C)(C)NC(C)(C)C3)C2)c(C)c1. The summed E-state index contributed by atoms with van der Waals surface area (Å²) in [4.78, 5) is 14.9. The van der Waals surface area contributed by atoms with Crippen LogP contribution >= 0.6 is 0 Å². The molecule has 1 aromatic carbocycles. The monoisotopic (exact) mass is 373 g/mol. The molecule has 2 aliphatic heterocycles. The van der Waals surface area contributed by atoms with Crippen LogP contribution in [0.25, 0.3) is 0 Å².